The van der Waals surface area contributed by atoms with E-state index in [0.29, 0.717) is 6.04 Å². The molecule has 0 spiro atoms. The van der Waals surface area contributed by atoms with Crippen LogP contribution in [0.1, 0.15) is 54.2 Å². The monoisotopic (exact) mass is 428 g/mol. The summed E-state index contributed by atoms with van der Waals surface area (Å²) in [4.78, 5) is 3.67. The third kappa shape index (κ3) is 3.01. The van der Waals surface area contributed by atoms with Gasteiger partial charge in [0.1, 0.15) is 0 Å². The summed E-state index contributed by atoms with van der Waals surface area (Å²) < 4.78 is 2.60. The zero-order valence-electron chi connectivity index (χ0n) is 18.9. The van der Waals surface area contributed by atoms with E-state index in [1.54, 1.807) is 0 Å². The van der Waals surface area contributed by atoms with E-state index in [9.17, 15) is 0 Å². The lowest BCUT2D eigenvalue weighted by molar-refractivity contribution is 0.599. The van der Waals surface area contributed by atoms with Gasteiger partial charge in [-0.3, -0.25) is 0 Å². The molecule has 0 bridgehead atoms. The number of rotatable bonds is 2. The predicted octanol–water partition coefficient (Wildman–Crippen LogP) is 8.16. The van der Waals surface area contributed by atoms with Crippen LogP contribution in [-0.4, -0.2) is 9.55 Å². The first-order valence-electron chi connectivity index (χ1n) is 12.3. The van der Waals surface area contributed by atoms with Crippen LogP contribution in [0, 0.1) is 0 Å². The second-order valence-corrected chi connectivity index (χ2v) is 9.59. The van der Waals surface area contributed by atoms with Crippen molar-refractivity contribution < 1.29 is 0 Å². The molecule has 0 unspecified atom stereocenters. The molecular formula is C31H28N2. The molecule has 3 aliphatic carbocycles. The minimum Gasteiger partial charge on any atom is -0.358 e. The van der Waals surface area contributed by atoms with Crippen molar-refractivity contribution in [2.24, 2.45) is 0 Å². The largest absolute Gasteiger partial charge is 0.358 e. The van der Waals surface area contributed by atoms with Gasteiger partial charge in [0.2, 0.25) is 0 Å². The van der Waals surface area contributed by atoms with E-state index in [0.717, 1.165) is 25.7 Å². The van der Waals surface area contributed by atoms with E-state index in [1.807, 2.05) is 0 Å². The number of benzene rings is 2. The molecule has 2 heterocycles. The van der Waals surface area contributed by atoms with Crippen LogP contribution in [-0.2, 0) is 12.8 Å². The summed E-state index contributed by atoms with van der Waals surface area (Å²) in [5.74, 6) is 0. The van der Waals surface area contributed by atoms with Crippen LogP contribution in [0.2, 0.25) is 0 Å². The molecular weight excluding hydrogens is 400 g/mol. The molecule has 0 amide bonds. The van der Waals surface area contributed by atoms with Crippen molar-refractivity contribution in [2.75, 3.05) is 0 Å². The first-order valence-corrected chi connectivity index (χ1v) is 12.3. The molecule has 2 aromatic carbocycles. The molecule has 33 heavy (non-hydrogen) atoms. The van der Waals surface area contributed by atoms with Crippen LogP contribution >= 0.6 is 0 Å². The van der Waals surface area contributed by atoms with Gasteiger partial charge in [0.15, 0.2) is 0 Å². The summed E-state index contributed by atoms with van der Waals surface area (Å²) in [6.45, 7) is 0. The van der Waals surface area contributed by atoms with Gasteiger partial charge in [0.05, 0.1) is 6.04 Å². The molecule has 1 N–H and O–H groups in total. The average Bonchev–Trinajstić information content (AvgIpc) is 3.28. The standard InChI is InChI=1S/C31H28N2/c1-3-9-23(10-4-1)33-30-14-8-7-12-25(30)27-20-22(16-18-31(27)33)21-15-17-29-26(19-21)24-11-5-2-6-13-28(24)32-29/h1,3-5,7,9,11-12,15-20,23,32H,2,6,8,10,13-14H2/t23-/m0/s1. The summed E-state index contributed by atoms with van der Waals surface area (Å²) in [6.07, 6.45) is 25.2. The van der Waals surface area contributed by atoms with Crippen molar-refractivity contribution >= 4 is 34.0 Å². The van der Waals surface area contributed by atoms with Crippen molar-refractivity contribution in [3.8, 4) is 11.1 Å². The van der Waals surface area contributed by atoms with Crippen LogP contribution in [0.4, 0.5) is 0 Å². The van der Waals surface area contributed by atoms with Gasteiger partial charge in [-0.1, -0.05) is 60.7 Å². The Labute approximate surface area is 194 Å². The quantitative estimate of drug-likeness (QED) is 0.332. The fraction of sp³-hybridized carbons (Fsp3) is 0.226. The maximum Gasteiger partial charge on any atom is 0.0557 e. The molecule has 2 heteroatoms. The minimum atomic E-state index is 0.414. The highest BCUT2D eigenvalue weighted by molar-refractivity contribution is 5.97. The van der Waals surface area contributed by atoms with Crippen LogP contribution in [0.25, 0.3) is 45.1 Å². The molecule has 1 atom stereocenters. The second-order valence-electron chi connectivity index (χ2n) is 9.59. The highest BCUT2D eigenvalue weighted by Gasteiger charge is 2.22. The fourth-order valence-electron chi connectivity index (χ4n) is 6.01. The lowest BCUT2D eigenvalue weighted by Gasteiger charge is -2.21. The SMILES string of the molecule is C1=CC[C@@H](n2c3c(c4cc(-c5ccc6[nH]c7c(c6c5)C=CCCC7)ccc42)C=CCC3)C=C1. The molecule has 0 fully saturated rings. The van der Waals surface area contributed by atoms with E-state index in [1.165, 1.54) is 68.3 Å². The normalized spacial score (nSPS) is 19.2. The summed E-state index contributed by atoms with van der Waals surface area (Å²) in [6, 6.07) is 14.4. The number of allylic oxidation sites excluding steroid dienone is 6. The number of aromatic nitrogens is 2. The van der Waals surface area contributed by atoms with Gasteiger partial charge in [-0.2, -0.15) is 0 Å². The van der Waals surface area contributed by atoms with Crippen molar-refractivity contribution in [1.82, 2.24) is 9.55 Å². The molecule has 2 nitrogen and oxygen atoms in total. The molecule has 3 aliphatic rings. The molecule has 0 radical (unpaired) electrons. The van der Waals surface area contributed by atoms with E-state index in [2.05, 4.69) is 94.6 Å². The number of nitrogens with one attached hydrogen (secondary N) is 1. The van der Waals surface area contributed by atoms with Gasteiger partial charge < -0.3 is 9.55 Å². The molecule has 7 rings (SSSR count). The Bertz CT molecular complexity index is 1520. The second kappa shape index (κ2) is 7.52. The van der Waals surface area contributed by atoms with Crippen molar-refractivity contribution in [1.29, 1.82) is 0 Å². The Hall–Kier alpha value is -3.52. The lowest BCUT2D eigenvalue weighted by Crippen LogP contribution is -2.11. The third-order valence-electron chi connectivity index (χ3n) is 7.61. The lowest BCUT2D eigenvalue weighted by atomic mass is 9.98. The van der Waals surface area contributed by atoms with Crippen LogP contribution in [0.3, 0.4) is 0 Å². The first-order chi connectivity index (χ1) is 16.4. The molecule has 0 aliphatic heterocycles. The zero-order chi connectivity index (χ0) is 21.8. The summed E-state index contributed by atoms with van der Waals surface area (Å²) in [5.41, 5.74) is 10.9. The van der Waals surface area contributed by atoms with Gasteiger partial charge in [0.25, 0.3) is 0 Å². The number of aromatic amines is 1. The molecule has 0 saturated carbocycles. The number of aryl methyl sites for hydroxylation is 1. The molecule has 4 aromatic rings. The van der Waals surface area contributed by atoms with E-state index < -0.39 is 0 Å². The van der Waals surface area contributed by atoms with Crippen molar-refractivity contribution in [3.63, 3.8) is 0 Å². The molecule has 2 aromatic heterocycles. The van der Waals surface area contributed by atoms with Crippen molar-refractivity contribution in [2.45, 2.75) is 44.6 Å². The van der Waals surface area contributed by atoms with Crippen LogP contribution < -0.4 is 0 Å². The fourth-order valence-corrected chi connectivity index (χ4v) is 6.01. The first kappa shape index (κ1) is 19.0. The Morgan fingerprint density at radius 1 is 0.788 bits per heavy atom. The number of hydrogen-bond acceptors (Lipinski definition) is 0. The van der Waals surface area contributed by atoms with Gasteiger partial charge in [-0.05, 0) is 73.9 Å². The number of H-pyrrole nitrogens is 1. The van der Waals surface area contributed by atoms with Gasteiger partial charge in [-0.25, -0.2) is 0 Å². The maximum absolute atomic E-state index is 3.67. The predicted molar refractivity (Wildman–Crippen MR) is 140 cm³/mol. The van der Waals surface area contributed by atoms with Gasteiger partial charge >= 0.3 is 0 Å². The van der Waals surface area contributed by atoms with Crippen molar-refractivity contribution in [3.05, 3.63) is 95.4 Å². The Morgan fingerprint density at radius 2 is 1.64 bits per heavy atom. The van der Waals surface area contributed by atoms with E-state index in [-0.39, 0.29) is 0 Å². The van der Waals surface area contributed by atoms with Crippen LogP contribution in [0.5, 0.6) is 0 Å². The number of hydrogen-bond donors (Lipinski definition) is 1. The smallest absolute Gasteiger partial charge is 0.0557 e. The van der Waals surface area contributed by atoms with E-state index >= 15 is 0 Å². The minimum absolute atomic E-state index is 0.414. The summed E-state index contributed by atoms with van der Waals surface area (Å²) in [7, 11) is 0. The van der Waals surface area contributed by atoms with Gasteiger partial charge in [0, 0.05) is 44.3 Å². The average molecular weight is 429 g/mol. The van der Waals surface area contributed by atoms with Gasteiger partial charge in [-0.15, -0.1) is 0 Å². The Kier molecular flexibility index (Phi) is 4.33. The third-order valence-corrected chi connectivity index (χ3v) is 7.61. The Balaban J connectivity index is 1.40. The maximum atomic E-state index is 3.67. The zero-order valence-corrected chi connectivity index (χ0v) is 18.9. The highest BCUT2D eigenvalue weighted by Crippen LogP contribution is 2.39. The van der Waals surface area contributed by atoms with E-state index in [4.69, 9.17) is 0 Å². The topological polar surface area (TPSA) is 20.7 Å². The molecule has 0 saturated heterocycles. The summed E-state index contributed by atoms with van der Waals surface area (Å²) >= 11 is 0. The Morgan fingerprint density at radius 3 is 2.55 bits per heavy atom. The van der Waals surface area contributed by atoms with Crippen LogP contribution in [0.15, 0.2) is 72.9 Å². The number of fused-ring (bicyclic) bond motifs is 6. The number of nitrogens with zero attached hydrogens (tertiary/aromatic N) is 1. The highest BCUT2D eigenvalue weighted by atomic mass is 15.0. The summed E-state index contributed by atoms with van der Waals surface area (Å²) in [5, 5.41) is 2.73. The molecule has 162 valence electrons.